The van der Waals surface area contributed by atoms with Gasteiger partial charge in [0.05, 0.1) is 0 Å². The Balaban J connectivity index is 3.97. The highest BCUT2D eigenvalue weighted by atomic mass is 16.1. The molecule has 0 saturated carbocycles. The van der Waals surface area contributed by atoms with Gasteiger partial charge in [-0.3, -0.25) is 4.79 Å². The number of hydrogen-bond donors (Lipinski definition) is 2. The minimum Gasteiger partial charge on any atom is -0.350 e. The Bertz CT molecular complexity index is 174. The second kappa shape index (κ2) is 6.02. The molecule has 0 aromatic rings. The summed E-state index contributed by atoms with van der Waals surface area (Å²) in [6.45, 7) is 8.60. The maximum atomic E-state index is 11.6. The third-order valence-electron chi connectivity index (χ3n) is 2.62. The van der Waals surface area contributed by atoms with Gasteiger partial charge >= 0.3 is 0 Å². The first-order chi connectivity index (χ1) is 6.45. The number of hydrogen-bond acceptors (Lipinski definition) is 2. The number of carbonyl (C=O) groups is 1. The van der Waals surface area contributed by atoms with Crippen molar-refractivity contribution >= 4 is 5.91 Å². The van der Waals surface area contributed by atoms with E-state index in [1.807, 2.05) is 13.8 Å². The van der Waals surface area contributed by atoms with E-state index < -0.39 is 0 Å². The van der Waals surface area contributed by atoms with Crippen LogP contribution in [0.4, 0.5) is 0 Å². The normalized spacial score (nSPS) is 11.9. The van der Waals surface area contributed by atoms with Crippen molar-refractivity contribution in [2.24, 2.45) is 11.7 Å². The summed E-state index contributed by atoms with van der Waals surface area (Å²) in [6.07, 6.45) is 2.75. The molecule has 0 spiro atoms. The first-order valence-corrected chi connectivity index (χ1v) is 5.46. The summed E-state index contributed by atoms with van der Waals surface area (Å²) in [7, 11) is 0. The zero-order valence-electron chi connectivity index (χ0n) is 9.89. The van der Waals surface area contributed by atoms with Crippen LogP contribution >= 0.6 is 0 Å². The summed E-state index contributed by atoms with van der Waals surface area (Å²) in [5.41, 5.74) is 5.26. The Morgan fingerprint density at radius 2 is 1.86 bits per heavy atom. The minimum atomic E-state index is -0.275. The van der Waals surface area contributed by atoms with E-state index in [4.69, 9.17) is 5.73 Å². The molecule has 0 aliphatic carbocycles. The van der Waals surface area contributed by atoms with Gasteiger partial charge in [-0.15, -0.1) is 0 Å². The molecule has 0 fully saturated rings. The third kappa shape index (κ3) is 5.22. The summed E-state index contributed by atoms with van der Waals surface area (Å²) in [6, 6.07) is 0. The molecule has 3 heteroatoms. The molecule has 0 aliphatic rings. The van der Waals surface area contributed by atoms with E-state index in [1.165, 1.54) is 0 Å². The van der Waals surface area contributed by atoms with E-state index in [9.17, 15) is 4.79 Å². The molecule has 3 N–H and O–H groups in total. The summed E-state index contributed by atoms with van der Waals surface area (Å²) in [4.78, 5) is 11.6. The molecule has 0 radical (unpaired) electrons. The highest BCUT2D eigenvalue weighted by molar-refractivity contribution is 5.76. The molecule has 84 valence electrons. The molecular formula is C11H24N2O. The van der Waals surface area contributed by atoms with Crippen molar-refractivity contribution in [3.63, 3.8) is 0 Å². The lowest BCUT2D eigenvalue weighted by Gasteiger charge is -2.25. The minimum absolute atomic E-state index is 0.120. The third-order valence-corrected chi connectivity index (χ3v) is 2.62. The summed E-state index contributed by atoms with van der Waals surface area (Å²) >= 11 is 0. The molecule has 1 amide bonds. The fourth-order valence-corrected chi connectivity index (χ4v) is 1.32. The number of carbonyl (C=O) groups excluding carboxylic acids is 1. The van der Waals surface area contributed by atoms with Crippen LogP contribution in [0.25, 0.3) is 0 Å². The van der Waals surface area contributed by atoms with Crippen LogP contribution in [0, 0.1) is 5.92 Å². The van der Waals surface area contributed by atoms with Crippen molar-refractivity contribution in [3.8, 4) is 0 Å². The fraction of sp³-hybridized carbons (Fsp3) is 0.909. The lowest BCUT2D eigenvalue weighted by molar-refractivity contribution is -0.123. The summed E-state index contributed by atoms with van der Waals surface area (Å²) < 4.78 is 0. The van der Waals surface area contributed by atoms with Crippen LogP contribution in [-0.2, 0) is 4.79 Å². The second-order valence-corrected chi connectivity index (χ2v) is 4.52. The number of amides is 1. The average molecular weight is 200 g/mol. The van der Waals surface area contributed by atoms with Gasteiger partial charge in [0.25, 0.3) is 0 Å². The van der Waals surface area contributed by atoms with E-state index in [-0.39, 0.29) is 11.4 Å². The Morgan fingerprint density at radius 3 is 2.21 bits per heavy atom. The predicted molar refractivity (Wildman–Crippen MR) is 60.0 cm³/mol. The Morgan fingerprint density at radius 1 is 1.36 bits per heavy atom. The van der Waals surface area contributed by atoms with Gasteiger partial charge in [0.2, 0.25) is 5.91 Å². The van der Waals surface area contributed by atoms with Crippen LogP contribution in [0.3, 0.4) is 0 Å². The summed E-state index contributed by atoms with van der Waals surface area (Å²) in [5.74, 6) is 0.623. The highest BCUT2D eigenvalue weighted by Crippen LogP contribution is 2.12. The van der Waals surface area contributed by atoms with Crippen LogP contribution < -0.4 is 11.1 Å². The van der Waals surface area contributed by atoms with Gasteiger partial charge in [0.15, 0.2) is 0 Å². The topological polar surface area (TPSA) is 55.1 Å². The number of rotatable bonds is 6. The maximum Gasteiger partial charge on any atom is 0.220 e. The molecule has 0 aliphatic heterocycles. The summed E-state index contributed by atoms with van der Waals surface area (Å²) in [5, 5.41) is 2.94. The first kappa shape index (κ1) is 13.4. The van der Waals surface area contributed by atoms with E-state index in [2.05, 4.69) is 19.2 Å². The maximum absolute atomic E-state index is 11.6. The Kier molecular flexibility index (Phi) is 5.77. The molecule has 0 aromatic carbocycles. The van der Waals surface area contributed by atoms with Crippen molar-refractivity contribution in [2.75, 3.05) is 6.54 Å². The average Bonchev–Trinajstić information content (AvgIpc) is 2.13. The molecule has 14 heavy (non-hydrogen) atoms. The molecule has 0 bridgehead atoms. The first-order valence-electron chi connectivity index (χ1n) is 5.46. The molecule has 0 heterocycles. The van der Waals surface area contributed by atoms with Gasteiger partial charge in [-0.05, 0) is 19.8 Å². The van der Waals surface area contributed by atoms with E-state index >= 15 is 0 Å². The van der Waals surface area contributed by atoms with Gasteiger partial charge in [-0.25, -0.2) is 0 Å². The highest BCUT2D eigenvalue weighted by Gasteiger charge is 2.19. The molecule has 0 saturated heterocycles. The van der Waals surface area contributed by atoms with Crippen LogP contribution in [0.5, 0.6) is 0 Å². The van der Waals surface area contributed by atoms with Crippen molar-refractivity contribution < 1.29 is 4.79 Å². The van der Waals surface area contributed by atoms with Crippen molar-refractivity contribution in [1.82, 2.24) is 5.32 Å². The molecular weight excluding hydrogens is 176 g/mol. The van der Waals surface area contributed by atoms with Crippen LogP contribution in [0.2, 0.25) is 0 Å². The Labute approximate surface area is 87.4 Å². The van der Waals surface area contributed by atoms with Crippen LogP contribution in [0.15, 0.2) is 0 Å². The number of nitrogens with one attached hydrogen (secondary N) is 1. The van der Waals surface area contributed by atoms with Crippen molar-refractivity contribution in [1.29, 1.82) is 0 Å². The SMILES string of the molecule is CCC(CC)CC(=O)NC(C)(C)CN. The predicted octanol–water partition coefficient (Wildman–Crippen LogP) is 1.67. The quantitative estimate of drug-likeness (QED) is 0.685. The molecule has 3 nitrogen and oxygen atoms in total. The van der Waals surface area contributed by atoms with Gasteiger partial charge in [0.1, 0.15) is 0 Å². The Hall–Kier alpha value is -0.570. The van der Waals surface area contributed by atoms with Gasteiger partial charge in [0, 0.05) is 18.5 Å². The largest absolute Gasteiger partial charge is 0.350 e. The smallest absolute Gasteiger partial charge is 0.220 e. The lowest BCUT2D eigenvalue weighted by Crippen LogP contribution is -2.49. The monoisotopic (exact) mass is 200 g/mol. The molecule has 0 unspecified atom stereocenters. The zero-order chi connectivity index (χ0) is 11.2. The van der Waals surface area contributed by atoms with Crippen molar-refractivity contribution in [2.45, 2.75) is 52.5 Å². The van der Waals surface area contributed by atoms with Gasteiger partial charge in [-0.1, -0.05) is 26.7 Å². The van der Waals surface area contributed by atoms with Gasteiger partial charge < -0.3 is 11.1 Å². The molecule has 0 atom stereocenters. The fourth-order valence-electron chi connectivity index (χ4n) is 1.32. The second-order valence-electron chi connectivity index (χ2n) is 4.52. The lowest BCUT2D eigenvalue weighted by atomic mass is 9.98. The van der Waals surface area contributed by atoms with E-state index in [0.29, 0.717) is 18.9 Å². The zero-order valence-corrected chi connectivity index (χ0v) is 9.89. The number of nitrogens with two attached hydrogens (primary N) is 1. The standard InChI is InChI=1S/C11H24N2O/c1-5-9(6-2)7-10(14)13-11(3,4)8-12/h9H,5-8,12H2,1-4H3,(H,13,14). The molecule has 0 aromatic heterocycles. The van der Waals surface area contributed by atoms with Gasteiger partial charge in [-0.2, -0.15) is 0 Å². The van der Waals surface area contributed by atoms with Crippen LogP contribution in [-0.4, -0.2) is 18.0 Å². The van der Waals surface area contributed by atoms with Crippen molar-refractivity contribution in [3.05, 3.63) is 0 Å². The van der Waals surface area contributed by atoms with E-state index in [0.717, 1.165) is 12.8 Å². The molecule has 0 rings (SSSR count). The van der Waals surface area contributed by atoms with E-state index in [1.54, 1.807) is 0 Å². The van der Waals surface area contributed by atoms with Crippen LogP contribution in [0.1, 0.15) is 47.0 Å².